The van der Waals surface area contributed by atoms with Crippen LogP contribution in [0.15, 0.2) is 0 Å². The van der Waals surface area contributed by atoms with E-state index >= 15 is 0 Å². The summed E-state index contributed by atoms with van der Waals surface area (Å²) >= 11 is 0. The van der Waals surface area contributed by atoms with Crippen LogP contribution in [0.2, 0.25) is 0 Å². The van der Waals surface area contributed by atoms with E-state index in [0.717, 1.165) is 25.9 Å². The Morgan fingerprint density at radius 1 is 1.37 bits per heavy atom. The summed E-state index contributed by atoms with van der Waals surface area (Å²) < 4.78 is 10.7. The molecule has 1 aliphatic heterocycles. The summed E-state index contributed by atoms with van der Waals surface area (Å²) in [6.45, 7) is 8.50. The van der Waals surface area contributed by atoms with Crippen LogP contribution in [0.25, 0.3) is 0 Å². The molecule has 2 aliphatic rings. The lowest BCUT2D eigenvalue weighted by molar-refractivity contribution is -0.150. The molecular formula is C14H26N2O3. The Bertz CT molecular complexity index is 323. The van der Waals surface area contributed by atoms with Crippen LogP contribution in [0.1, 0.15) is 33.6 Å². The zero-order chi connectivity index (χ0) is 14.0. The normalized spacial score (nSPS) is 31.8. The topological polar surface area (TPSA) is 50.8 Å². The lowest BCUT2D eigenvalue weighted by Gasteiger charge is -2.40. The average Bonchev–Trinajstić information content (AvgIpc) is 3.09. The third kappa shape index (κ3) is 3.91. The van der Waals surface area contributed by atoms with Crippen molar-refractivity contribution >= 4 is 5.97 Å². The van der Waals surface area contributed by atoms with Gasteiger partial charge in [-0.15, -0.1) is 0 Å². The van der Waals surface area contributed by atoms with Crippen LogP contribution in [0.5, 0.6) is 0 Å². The highest BCUT2D eigenvalue weighted by atomic mass is 16.5. The first-order valence-electron chi connectivity index (χ1n) is 7.17. The zero-order valence-corrected chi connectivity index (χ0v) is 12.4. The second kappa shape index (κ2) is 5.77. The fourth-order valence-electron chi connectivity index (χ4n) is 2.93. The van der Waals surface area contributed by atoms with E-state index in [-0.39, 0.29) is 18.2 Å². The molecule has 5 heteroatoms. The molecule has 1 aliphatic carbocycles. The maximum absolute atomic E-state index is 12.1. The van der Waals surface area contributed by atoms with Crippen LogP contribution in [0.4, 0.5) is 0 Å². The average molecular weight is 270 g/mol. The first-order chi connectivity index (χ1) is 8.93. The molecule has 0 spiro atoms. The zero-order valence-electron chi connectivity index (χ0n) is 12.4. The van der Waals surface area contributed by atoms with Crippen molar-refractivity contribution < 1.29 is 14.3 Å². The molecule has 0 aromatic carbocycles. The van der Waals surface area contributed by atoms with Gasteiger partial charge < -0.3 is 9.47 Å². The Hall–Kier alpha value is -0.650. The van der Waals surface area contributed by atoms with Crippen LogP contribution in [0.3, 0.4) is 0 Å². The molecule has 0 aromatic rings. The lowest BCUT2D eigenvalue weighted by Crippen LogP contribution is -2.60. The summed E-state index contributed by atoms with van der Waals surface area (Å²) in [5.74, 6) is -0.175. The number of hydrogen-bond acceptors (Lipinski definition) is 5. The molecule has 19 heavy (non-hydrogen) atoms. The summed E-state index contributed by atoms with van der Waals surface area (Å²) in [5.41, 5.74) is -0.618. The van der Waals surface area contributed by atoms with Crippen molar-refractivity contribution in [2.24, 2.45) is 0 Å². The fraction of sp³-hybridized carbons (Fsp3) is 0.929. The van der Waals surface area contributed by atoms with Gasteiger partial charge in [-0.2, -0.15) is 0 Å². The number of carbonyl (C=O) groups is 1. The van der Waals surface area contributed by atoms with Gasteiger partial charge in [0.15, 0.2) is 0 Å². The number of nitrogens with one attached hydrogen (secondary N) is 1. The van der Waals surface area contributed by atoms with Gasteiger partial charge in [0.1, 0.15) is 5.54 Å². The number of rotatable bonds is 5. The highest BCUT2D eigenvalue weighted by Gasteiger charge is 2.41. The van der Waals surface area contributed by atoms with E-state index < -0.39 is 5.54 Å². The number of hydrogen-bond donors (Lipinski definition) is 1. The molecule has 0 bridgehead atoms. The largest absolute Gasteiger partial charge is 0.468 e. The van der Waals surface area contributed by atoms with Gasteiger partial charge in [-0.1, -0.05) is 0 Å². The first kappa shape index (κ1) is 14.8. The van der Waals surface area contributed by atoms with Crippen LogP contribution in [0, 0.1) is 0 Å². The van der Waals surface area contributed by atoms with E-state index in [0.29, 0.717) is 12.6 Å². The van der Waals surface area contributed by atoms with Gasteiger partial charge in [0, 0.05) is 25.7 Å². The third-order valence-electron chi connectivity index (χ3n) is 3.77. The molecule has 0 amide bonds. The van der Waals surface area contributed by atoms with Crippen molar-refractivity contribution in [3.8, 4) is 0 Å². The molecule has 0 aromatic heterocycles. The summed E-state index contributed by atoms with van der Waals surface area (Å²) in [6, 6.07) is 0.472. The number of esters is 1. The molecule has 110 valence electrons. The van der Waals surface area contributed by atoms with Crippen molar-refractivity contribution in [2.75, 3.05) is 26.7 Å². The molecular weight excluding hydrogens is 244 g/mol. The van der Waals surface area contributed by atoms with Gasteiger partial charge >= 0.3 is 5.97 Å². The number of ether oxygens (including phenoxy) is 2. The molecule has 2 rings (SSSR count). The summed E-state index contributed by atoms with van der Waals surface area (Å²) in [7, 11) is 1.46. The summed E-state index contributed by atoms with van der Waals surface area (Å²) in [4.78, 5) is 14.4. The minimum atomic E-state index is -0.618. The fourth-order valence-corrected chi connectivity index (χ4v) is 2.93. The SMILES string of the molecule is COC(=O)C(C)(CN1CC(C)OC(C)C1)NC1CC1. The lowest BCUT2D eigenvalue weighted by atomic mass is 10.0. The third-order valence-corrected chi connectivity index (χ3v) is 3.77. The Kier molecular flexibility index (Phi) is 4.48. The van der Waals surface area contributed by atoms with E-state index in [1.807, 2.05) is 6.92 Å². The van der Waals surface area contributed by atoms with Gasteiger partial charge in [-0.05, 0) is 33.6 Å². The van der Waals surface area contributed by atoms with Gasteiger partial charge in [0.25, 0.3) is 0 Å². The van der Waals surface area contributed by atoms with Crippen LogP contribution < -0.4 is 5.32 Å². The number of carbonyl (C=O) groups excluding carboxylic acids is 1. The number of morpholine rings is 1. The minimum Gasteiger partial charge on any atom is -0.468 e. The van der Waals surface area contributed by atoms with E-state index in [4.69, 9.17) is 9.47 Å². The maximum Gasteiger partial charge on any atom is 0.327 e. The van der Waals surface area contributed by atoms with Crippen LogP contribution >= 0.6 is 0 Å². The monoisotopic (exact) mass is 270 g/mol. The maximum atomic E-state index is 12.1. The summed E-state index contributed by atoms with van der Waals surface area (Å²) in [6.07, 6.45) is 2.74. The van der Waals surface area contributed by atoms with E-state index in [9.17, 15) is 4.79 Å². The Morgan fingerprint density at radius 3 is 2.42 bits per heavy atom. The molecule has 0 radical (unpaired) electrons. The first-order valence-corrected chi connectivity index (χ1v) is 7.17. The Balaban J connectivity index is 2.00. The second-order valence-electron chi connectivity index (χ2n) is 6.19. The Labute approximate surface area is 115 Å². The predicted molar refractivity (Wildman–Crippen MR) is 73.0 cm³/mol. The van der Waals surface area contributed by atoms with Crippen LogP contribution in [-0.4, -0.2) is 61.4 Å². The van der Waals surface area contributed by atoms with Crippen molar-refractivity contribution in [1.29, 1.82) is 0 Å². The molecule has 1 N–H and O–H groups in total. The van der Waals surface area contributed by atoms with E-state index in [1.165, 1.54) is 7.11 Å². The highest BCUT2D eigenvalue weighted by molar-refractivity contribution is 5.80. The Morgan fingerprint density at radius 2 is 1.95 bits per heavy atom. The van der Waals surface area contributed by atoms with Gasteiger partial charge in [0.2, 0.25) is 0 Å². The predicted octanol–water partition coefficient (Wildman–Crippen LogP) is 0.779. The molecule has 1 saturated heterocycles. The van der Waals surface area contributed by atoms with Crippen molar-refractivity contribution in [1.82, 2.24) is 10.2 Å². The van der Waals surface area contributed by atoms with Gasteiger partial charge in [0.05, 0.1) is 19.3 Å². The number of methoxy groups -OCH3 is 1. The summed E-state index contributed by atoms with van der Waals surface area (Å²) in [5, 5.41) is 3.44. The molecule has 1 saturated carbocycles. The van der Waals surface area contributed by atoms with Crippen molar-refractivity contribution in [3.63, 3.8) is 0 Å². The minimum absolute atomic E-state index is 0.175. The van der Waals surface area contributed by atoms with Gasteiger partial charge in [-0.3, -0.25) is 15.0 Å². The van der Waals surface area contributed by atoms with E-state index in [1.54, 1.807) is 0 Å². The molecule has 3 unspecified atom stereocenters. The smallest absolute Gasteiger partial charge is 0.327 e. The standard InChI is InChI=1S/C14H26N2O3/c1-10-7-16(8-11(2)19-10)9-14(3,13(17)18-4)15-12-5-6-12/h10-12,15H,5-9H2,1-4H3. The quantitative estimate of drug-likeness (QED) is 0.748. The number of nitrogens with zero attached hydrogens (tertiary/aromatic N) is 1. The van der Waals surface area contributed by atoms with Crippen molar-refractivity contribution in [3.05, 3.63) is 0 Å². The van der Waals surface area contributed by atoms with Crippen molar-refractivity contribution in [2.45, 2.75) is 57.4 Å². The van der Waals surface area contributed by atoms with Gasteiger partial charge in [-0.25, -0.2) is 0 Å². The molecule has 3 atom stereocenters. The van der Waals surface area contributed by atoms with E-state index in [2.05, 4.69) is 24.1 Å². The molecule has 2 fully saturated rings. The molecule has 1 heterocycles. The second-order valence-corrected chi connectivity index (χ2v) is 6.19. The molecule has 5 nitrogen and oxygen atoms in total. The highest BCUT2D eigenvalue weighted by Crippen LogP contribution is 2.24. The van der Waals surface area contributed by atoms with Crippen LogP contribution in [-0.2, 0) is 14.3 Å².